The molecule has 178 valence electrons. The van der Waals surface area contributed by atoms with E-state index < -0.39 is 0 Å². The minimum atomic E-state index is 0.855. The molecule has 32 heavy (non-hydrogen) atoms. The highest BCUT2D eigenvalue weighted by Crippen LogP contribution is 2.32. The van der Waals surface area contributed by atoms with Gasteiger partial charge in [-0.05, 0) is 74.7 Å². The van der Waals surface area contributed by atoms with Gasteiger partial charge in [0, 0.05) is 78.8 Å². The van der Waals surface area contributed by atoms with E-state index in [1.165, 1.54) is 33.6 Å². The van der Waals surface area contributed by atoms with Crippen LogP contribution in [0.4, 0.5) is 11.4 Å². The Kier molecular flexibility index (Phi) is 10.5. The van der Waals surface area contributed by atoms with Gasteiger partial charge in [-0.2, -0.15) is 0 Å². The van der Waals surface area contributed by atoms with Crippen LogP contribution in [0, 0.1) is 0 Å². The zero-order valence-electron chi connectivity index (χ0n) is 21.5. The Labute approximate surface area is 196 Å². The zero-order valence-corrected chi connectivity index (χ0v) is 21.5. The van der Waals surface area contributed by atoms with Crippen LogP contribution in [0.1, 0.15) is 11.1 Å². The Morgan fingerprint density at radius 3 is 1.25 bits per heavy atom. The van der Waals surface area contributed by atoms with Gasteiger partial charge in [0.2, 0.25) is 0 Å². The lowest BCUT2D eigenvalue weighted by Gasteiger charge is -2.21. The van der Waals surface area contributed by atoms with Gasteiger partial charge in [0.05, 0.1) is 0 Å². The first-order chi connectivity index (χ1) is 15.2. The van der Waals surface area contributed by atoms with Crippen molar-refractivity contribution in [3.63, 3.8) is 0 Å². The predicted molar refractivity (Wildman–Crippen MR) is 141 cm³/mol. The Bertz CT molecular complexity index is 760. The average Bonchev–Trinajstić information content (AvgIpc) is 2.73. The molecule has 0 aliphatic carbocycles. The summed E-state index contributed by atoms with van der Waals surface area (Å²) in [5.41, 5.74) is 7.75. The summed E-state index contributed by atoms with van der Waals surface area (Å²) in [6, 6.07) is 13.7. The van der Waals surface area contributed by atoms with E-state index in [-0.39, 0.29) is 0 Å². The second-order valence-electron chi connectivity index (χ2n) is 9.43. The third-order valence-electron chi connectivity index (χ3n) is 5.60. The van der Waals surface area contributed by atoms with Gasteiger partial charge in [-0.3, -0.25) is 0 Å². The number of nitrogens with one attached hydrogen (secondary N) is 2. The third-order valence-corrected chi connectivity index (χ3v) is 5.60. The summed E-state index contributed by atoms with van der Waals surface area (Å²) in [6.07, 6.45) is 0. The molecule has 6 nitrogen and oxygen atoms in total. The molecule has 2 N–H and O–H groups in total. The molecule has 2 aromatic carbocycles. The van der Waals surface area contributed by atoms with E-state index in [0.717, 1.165) is 39.3 Å². The maximum atomic E-state index is 3.63. The SMILES string of the molecule is CN(C)CCNCc1cc(N(C)C)ccc1-c1ccc(N(C)C)cc1CNCCN(C)C. The summed E-state index contributed by atoms with van der Waals surface area (Å²) >= 11 is 0. The lowest BCUT2D eigenvalue weighted by Crippen LogP contribution is -2.27. The molecule has 0 aliphatic rings. The molecular weight excluding hydrogens is 396 g/mol. The number of benzene rings is 2. The lowest BCUT2D eigenvalue weighted by molar-refractivity contribution is 0.400. The summed E-state index contributed by atoms with van der Waals surface area (Å²) in [6.45, 7) is 5.71. The monoisotopic (exact) mass is 440 g/mol. The predicted octanol–water partition coefficient (Wildman–Crippen LogP) is 2.79. The number of likely N-dealkylation sites (N-methyl/N-ethyl adjacent to an activating group) is 2. The van der Waals surface area contributed by atoms with E-state index in [9.17, 15) is 0 Å². The molecule has 0 amide bonds. The van der Waals surface area contributed by atoms with Gasteiger partial charge in [-0.1, -0.05) is 12.1 Å². The van der Waals surface area contributed by atoms with Crippen LogP contribution >= 0.6 is 0 Å². The van der Waals surface area contributed by atoms with E-state index >= 15 is 0 Å². The quantitative estimate of drug-likeness (QED) is 0.467. The topological polar surface area (TPSA) is 37.0 Å². The number of anilines is 2. The van der Waals surface area contributed by atoms with Crippen molar-refractivity contribution in [2.75, 3.05) is 92.4 Å². The van der Waals surface area contributed by atoms with Crippen LogP contribution in [0.3, 0.4) is 0 Å². The Morgan fingerprint density at radius 2 is 0.938 bits per heavy atom. The molecule has 0 aliphatic heterocycles. The van der Waals surface area contributed by atoms with Crippen molar-refractivity contribution in [1.82, 2.24) is 20.4 Å². The van der Waals surface area contributed by atoms with Gasteiger partial charge in [-0.15, -0.1) is 0 Å². The van der Waals surface area contributed by atoms with Gasteiger partial charge in [0.15, 0.2) is 0 Å². The van der Waals surface area contributed by atoms with E-state index in [4.69, 9.17) is 0 Å². The first kappa shape index (κ1) is 26.1. The Balaban J connectivity index is 2.37. The van der Waals surface area contributed by atoms with E-state index in [1.807, 2.05) is 0 Å². The first-order valence-corrected chi connectivity index (χ1v) is 11.5. The molecule has 0 aromatic heterocycles. The summed E-state index contributed by atoms with van der Waals surface area (Å²) < 4.78 is 0. The largest absolute Gasteiger partial charge is 0.378 e. The minimum absolute atomic E-state index is 0.855. The highest BCUT2D eigenvalue weighted by Gasteiger charge is 2.13. The molecule has 2 aromatic rings. The number of rotatable bonds is 13. The molecule has 0 saturated heterocycles. The highest BCUT2D eigenvalue weighted by molar-refractivity contribution is 5.75. The van der Waals surface area contributed by atoms with Gasteiger partial charge >= 0.3 is 0 Å². The normalized spacial score (nSPS) is 11.4. The molecule has 0 heterocycles. The molecule has 0 fully saturated rings. The second kappa shape index (κ2) is 12.8. The van der Waals surface area contributed by atoms with Crippen molar-refractivity contribution in [2.24, 2.45) is 0 Å². The summed E-state index contributed by atoms with van der Waals surface area (Å²) in [4.78, 5) is 8.77. The molecule has 0 saturated carbocycles. The molecule has 0 unspecified atom stereocenters. The standard InChI is InChI=1S/C26H44N6/c1-29(2)15-13-27-19-21-17-23(31(5)6)9-11-25(21)26-12-10-24(32(7)8)18-22(26)20-28-14-16-30(3)4/h9-12,17-18,27-28H,13-16,19-20H2,1-8H3. The lowest BCUT2D eigenvalue weighted by atomic mass is 9.94. The Morgan fingerprint density at radius 1 is 0.562 bits per heavy atom. The van der Waals surface area contributed by atoms with Crippen molar-refractivity contribution in [3.8, 4) is 11.1 Å². The molecule has 0 bridgehead atoms. The third kappa shape index (κ3) is 8.10. The van der Waals surface area contributed by atoms with Crippen LogP contribution in [0.5, 0.6) is 0 Å². The Hall–Kier alpha value is -2.12. The van der Waals surface area contributed by atoms with Crippen molar-refractivity contribution in [3.05, 3.63) is 47.5 Å². The molecule has 6 heteroatoms. The smallest absolute Gasteiger partial charge is 0.0364 e. The van der Waals surface area contributed by atoms with Crippen molar-refractivity contribution >= 4 is 11.4 Å². The van der Waals surface area contributed by atoms with Gasteiger partial charge in [-0.25, -0.2) is 0 Å². The fourth-order valence-corrected chi connectivity index (χ4v) is 3.59. The number of hydrogen-bond acceptors (Lipinski definition) is 6. The van der Waals surface area contributed by atoms with Crippen LogP contribution in [0.25, 0.3) is 11.1 Å². The van der Waals surface area contributed by atoms with Crippen LogP contribution in [-0.4, -0.2) is 92.4 Å². The zero-order chi connectivity index (χ0) is 23.7. The number of nitrogens with zero attached hydrogens (tertiary/aromatic N) is 4. The van der Waals surface area contributed by atoms with Crippen LogP contribution < -0.4 is 20.4 Å². The molecule has 0 spiro atoms. The summed E-state index contributed by atoms with van der Waals surface area (Å²) in [7, 11) is 16.9. The minimum Gasteiger partial charge on any atom is -0.378 e. The van der Waals surface area contributed by atoms with Crippen LogP contribution in [-0.2, 0) is 13.1 Å². The van der Waals surface area contributed by atoms with Crippen LogP contribution in [0.2, 0.25) is 0 Å². The van der Waals surface area contributed by atoms with Crippen molar-refractivity contribution in [2.45, 2.75) is 13.1 Å². The molecule has 0 atom stereocenters. The van der Waals surface area contributed by atoms with Crippen molar-refractivity contribution < 1.29 is 0 Å². The average molecular weight is 441 g/mol. The molecular formula is C26H44N6. The maximum absolute atomic E-state index is 3.63. The van der Waals surface area contributed by atoms with E-state index in [2.05, 4.69) is 123 Å². The van der Waals surface area contributed by atoms with Gasteiger partial charge in [0.25, 0.3) is 0 Å². The fraction of sp³-hybridized carbons (Fsp3) is 0.538. The second-order valence-corrected chi connectivity index (χ2v) is 9.43. The number of hydrogen-bond donors (Lipinski definition) is 2. The van der Waals surface area contributed by atoms with Gasteiger partial charge in [0.1, 0.15) is 0 Å². The molecule has 0 radical (unpaired) electrons. The maximum Gasteiger partial charge on any atom is 0.0364 e. The van der Waals surface area contributed by atoms with E-state index in [1.54, 1.807) is 0 Å². The highest BCUT2D eigenvalue weighted by atomic mass is 15.1. The van der Waals surface area contributed by atoms with Crippen molar-refractivity contribution in [1.29, 1.82) is 0 Å². The fourth-order valence-electron chi connectivity index (χ4n) is 3.59. The summed E-state index contributed by atoms with van der Waals surface area (Å²) in [5, 5.41) is 7.27. The van der Waals surface area contributed by atoms with Gasteiger partial charge < -0.3 is 30.2 Å². The van der Waals surface area contributed by atoms with Crippen LogP contribution in [0.15, 0.2) is 36.4 Å². The van der Waals surface area contributed by atoms with E-state index in [0.29, 0.717) is 0 Å². The first-order valence-electron chi connectivity index (χ1n) is 11.5. The molecule has 2 rings (SSSR count). The summed E-state index contributed by atoms with van der Waals surface area (Å²) in [5.74, 6) is 0.